The molecule has 1 saturated heterocycles. The number of imide groups is 1. The van der Waals surface area contributed by atoms with Gasteiger partial charge < -0.3 is 5.32 Å². The Labute approximate surface area is 147 Å². The van der Waals surface area contributed by atoms with E-state index in [1.54, 1.807) is 10.3 Å². The summed E-state index contributed by atoms with van der Waals surface area (Å²) in [6.45, 7) is 2.69. The Balaban J connectivity index is 1.95. The fourth-order valence-electron chi connectivity index (χ4n) is 2.21. The molecule has 1 aromatic carbocycles. The van der Waals surface area contributed by atoms with E-state index in [1.165, 1.54) is 13.8 Å². The van der Waals surface area contributed by atoms with E-state index < -0.39 is 56.4 Å². The van der Waals surface area contributed by atoms with Crippen molar-refractivity contribution in [2.24, 2.45) is 0 Å². The zero-order valence-electron chi connectivity index (χ0n) is 13.8. The van der Waals surface area contributed by atoms with Crippen molar-refractivity contribution in [3.05, 3.63) is 29.8 Å². The third kappa shape index (κ3) is 3.96. The van der Waals surface area contributed by atoms with Crippen LogP contribution in [-0.2, 0) is 19.6 Å². The van der Waals surface area contributed by atoms with Gasteiger partial charge in [-0.2, -0.15) is 0 Å². The summed E-state index contributed by atoms with van der Waals surface area (Å²) in [6, 6.07) is 1.81. The molecule has 9 nitrogen and oxygen atoms in total. The van der Waals surface area contributed by atoms with Crippen molar-refractivity contribution in [2.45, 2.75) is 30.7 Å². The minimum atomic E-state index is -4.69. The van der Waals surface area contributed by atoms with Crippen molar-refractivity contribution in [3.63, 3.8) is 0 Å². The van der Waals surface area contributed by atoms with Gasteiger partial charge in [0.2, 0.25) is 5.91 Å². The highest BCUT2D eigenvalue weighted by Crippen LogP contribution is 2.18. The lowest BCUT2D eigenvalue weighted by Gasteiger charge is -2.16. The molecule has 2 rings (SSSR count). The second-order valence-electron chi connectivity index (χ2n) is 5.97. The highest BCUT2D eigenvalue weighted by atomic mass is 32.2. The molecular formula is C14H16F2N4O5S. The number of carbonyl (C=O) groups excluding carboxylic acids is 3. The summed E-state index contributed by atoms with van der Waals surface area (Å²) in [5.74, 6) is -4.10. The van der Waals surface area contributed by atoms with Crippen LogP contribution in [0.25, 0.3) is 0 Å². The number of urea groups is 1. The molecule has 0 saturated carbocycles. The molecule has 0 spiro atoms. The first-order chi connectivity index (χ1) is 12.0. The van der Waals surface area contributed by atoms with Crippen molar-refractivity contribution in [1.82, 2.24) is 20.5 Å². The number of hydrazine groups is 1. The number of hydrogen-bond donors (Lipinski definition) is 3. The van der Waals surface area contributed by atoms with Gasteiger partial charge >= 0.3 is 6.03 Å². The van der Waals surface area contributed by atoms with E-state index in [-0.39, 0.29) is 6.54 Å². The van der Waals surface area contributed by atoms with Gasteiger partial charge in [-0.05, 0) is 26.0 Å². The number of benzene rings is 1. The van der Waals surface area contributed by atoms with E-state index in [2.05, 4.69) is 5.32 Å². The van der Waals surface area contributed by atoms with Crippen LogP contribution in [0.4, 0.5) is 13.6 Å². The van der Waals surface area contributed by atoms with Gasteiger partial charge in [-0.3, -0.25) is 19.9 Å². The third-order valence-corrected chi connectivity index (χ3v) is 4.82. The molecule has 0 bridgehead atoms. The van der Waals surface area contributed by atoms with Crippen molar-refractivity contribution < 1.29 is 31.6 Å². The Morgan fingerprint density at radius 2 is 1.81 bits per heavy atom. The molecule has 0 aliphatic carbocycles. The van der Waals surface area contributed by atoms with Crippen LogP contribution in [0.15, 0.2) is 23.1 Å². The van der Waals surface area contributed by atoms with Crippen LogP contribution >= 0.6 is 0 Å². The quantitative estimate of drug-likeness (QED) is 0.466. The maximum Gasteiger partial charge on any atom is 0.325 e. The highest BCUT2D eigenvalue weighted by Gasteiger charge is 2.44. The molecule has 142 valence electrons. The monoisotopic (exact) mass is 390 g/mol. The van der Waals surface area contributed by atoms with E-state index in [4.69, 9.17) is 0 Å². The summed E-state index contributed by atoms with van der Waals surface area (Å²) in [7, 11) is -4.69. The average Bonchev–Trinajstić information content (AvgIpc) is 2.71. The standard InChI is InChI=1S/C14H16F2N4O5S/c1-14(2)12(22)20(13(23)17-14)7-6-10(21)18-19-26(24,25)11-8(15)4-3-5-9(11)16/h3-5,19H,6-7H2,1-2H3,(H,17,23)(H,18,21). The molecule has 3 N–H and O–H groups in total. The summed E-state index contributed by atoms with van der Waals surface area (Å²) < 4.78 is 50.8. The molecular weight excluding hydrogens is 374 g/mol. The van der Waals surface area contributed by atoms with Gasteiger partial charge in [-0.15, -0.1) is 4.83 Å². The molecule has 1 aromatic rings. The van der Waals surface area contributed by atoms with Gasteiger partial charge in [0.15, 0.2) is 4.90 Å². The van der Waals surface area contributed by atoms with Crippen molar-refractivity contribution >= 4 is 27.9 Å². The first-order valence-electron chi connectivity index (χ1n) is 7.34. The van der Waals surface area contributed by atoms with Gasteiger partial charge in [0.25, 0.3) is 15.9 Å². The van der Waals surface area contributed by atoms with Crippen LogP contribution in [-0.4, -0.2) is 43.2 Å². The minimum Gasteiger partial charge on any atom is -0.324 e. The Bertz CT molecular complexity index is 852. The van der Waals surface area contributed by atoms with Gasteiger partial charge in [0, 0.05) is 13.0 Å². The number of hydrogen-bond acceptors (Lipinski definition) is 5. The van der Waals surface area contributed by atoms with E-state index in [0.717, 1.165) is 23.1 Å². The zero-order valence-corrected chi connectivity index (χ0v) is 14.6. The summed E-state index contributed by atoms with van der Waals surface area (Å²) in [6.07, 6.45) is -0.419. The van der Waals surface area contributed by atoms with E-state index in [1.807, 2.05) is 0 Å². The Morgan fingerprint density at radius 1 is 1.23 bits per heavy atom. The lowest BCUT2D eigenvalue weighted by Crippen LogP contribution is -2.44. The molecule has 1 heterocycles. The van der Waals surface area contributed by atoms with E-state index >= 15 is 0 Å². The molecule has 0 atom stereocenters. The largest absolute Gasteiger partial charge is 0.325 e. The van der Waals surface area contributed by atoms with Gasteiger partial charge in [-0.1, -0.05) is 6.07 Å². The fraction of sp³-hybridized carbons (Fsp3) is 0.357. The molecule has 0 unspecified atom stereocenters. The predicted molar refractivity (Wildman–Crippen MR) is 83.8 cm³/mol. The molecule has 0 aromatic heterocycles. The second-order valence-corrected chi connectivity index (χ2v) is 7.59. The number of nitrogens with zero attached hydrogens (tertiary/aromatic N) is 1. The SMILES string of the molecule is CC1(C)NC(=O)N(CCC(=O)NNS(=O)(=O)c2c(F)cccc2F)C1=O. The van der Waals surface area contributed by atoms with E-state index in [0.29, 0.717) is 0 Å². The highest BCUT2D eigenvalue weighted by molar-refractivity contribution is 7.89. The summed E-state index contributed by atoms with van der Waals surface area (Å²) in [5.41, 5.74) is 0.671. The van der Waals surface area contributed by atoms with Gasteiger partial charge in [0.1, 0.15) is 17.2 Å². The maximum absolute atomic E-state index is 13.5. The molecule has 0 radical (unpaired) electrons. The number of carbonyl (C=O) groups is 3. The Morgan fingerprint density at radius 3 is 2.31 bits per heavy atom. The Kier molecular flexibility index (Phi) is 5.28. The number of sulfonamides is 1. The third-order valence-electron chi connectivity index (χ3n) is 3.52. The smallest absolute Gasteiger partial charge is 0.324 e. The number of nitrogens with one attached hydrogen (secondary N) is 3. The molecule has 1 aliphatic heterocycles. The van der Waals surface area contributed by atoms with Crippen LogP contribution in [0.5, 0.6) is 0 Å². The molecule has 4 amide bonds. The summed E-state index contributed by atoms with van der Waals surface area (Å²) >= 11 is 0. The lowest BCUT2D eigenvalue weighted by molar-refractivity contribution is -0.130. The normalized spacial score (nSPS) is 16.5. The van der Waals surface area contributed by atoms with Crippen molar-refractivity contribution in [1.29, 1.82) is 0 Å². The second kappa shape index (κ2) is 6.96. The Hall–Kier alpha value is -2.60. The fourth-order valence-corrected chi connectivity index (χ4v) is 3.21. The van der Waals surface area contributed by atoms with Crippen molar-refractivity contribution in [3.8, 4) is 0 Å². The van der Waals surface area contributed by atoms with Crippen LogP contribution in [0, 0.1) is 11.6 Å². The summed E-state index contributed by atoms with van der Waals surface area (Å²) in [5, 5.41) is 2.42. The van der Waals surface area contributed by atoms with Crippen LogP contribution in [0.2, 0.25) is 0 Å². The van der Waals surface area contributed by atoms with Crippen molar-refractivity contribution in [2.75, 3.05) is 6.54 Å². The minimum absolute atomic E-state index is 0.296. The number of halogens is 2. The number of amides is 4. The lowest BCUT2D eigenvalue weighted by atomic mass is 10.1. The van der Waals surface area contributed by atoms with Crippen LogP contribution in [0.1, 0.15) is 20.3 Å². The zero-order chi connectivity index (χ0) is 19.7. The first-order valence-corrected chi connectivity index (χ1v) is 8.83. The van der Waals surface area contributed by atoms with Crippen LogP contribution < -0.4 is 15.6 Å². The molecule has 26 heavy (non-hydrogen) atoms. The predicted octanol–water partition coefficient (Wildman–Crippen LogP) is -0.00520. The molecule has 1 fully saturated rings. The average molecular weight is 390 g/mol. The van der Waals surface area contributed by atoms with Crippen LogP contribution in [0.3, 0.4) is 0 Å². The van der Waals surface area contributed by atoms with Gasteiger partial charge in [0.05, 0.1) is 0 Å². The number of rotatable bonds is 6. The maximum atomic E-state index is 13.5. The topological polar surface area (TPSA) is 125 Å². The van der Waals surface area contributed by atoms with E-state index in [9.17, 15) is 31.6 Å². The summed E-state index contributed by atoms with van der Waals surface area (Å²) in [4.78, 5) is 36.5. The van der Waals surface area contributed by atoms with Gasteiger partial charge in [-0.25, -0.2) is 22.0 Å². The first kappa shape index (κ1) is 19.7. The molecule has 12 heteroatoms. The molecule has 1 aliphatic rings.